The molecule has 1 nitrogen and oxygen atoms in total. The number of halogens is 3. The van der Waals surface area contributed by atoms with E-state index in [9.17, 15) is 12.9 Å². The molecule has 9 heavy (non-hydrogen) atoms. The van der Waals surface area contributed by atoms with Gasteiger partial charge in [0.15, 0.2) is 0 Å². The van der Waals surface area contributed by atoms with Crippen molar-refractivity contribution in [2.24, 2.45) is 0 Å². The van der Waals surface area contributed by atoms with Crippen LogP contribution < -0.4 is 5.46 Å². The summed E-state index contributed by atoms with van der Waals surface area (Å²) in [4.78, 5) is 0. The Bertz CT molecular complexity index is 178. The van der Waals surface area contributed by atoms with Gasteiger partial charge in [-0.3, -0.25) is 0 Å². The molecule has 0 aromatic carbocycles. The zero-order chi connectivity index (χ0) is 6.91. The van der Waals surface area contributed by atoms with Gasteiger partial charge in [0.2, 0.25) is 0 Å². The number of rotatable bonds is 1. The summed E-state index contributed by atoms with van der Waals surface area (Å²) in [7, 11) is 0. The number of hydrogen-bond donors (Lipinski definition) is 0. The maximum atomic E-state index is 11.6. The molecule has 0 aliphatic carbocycles. The first kappa shape index (κ1) is 6.26. The lowest BCUT2D eigenvalue weighted by molar-refractivity contribution is 0.498. The van der Waals surface area contributed by atoms with Crippen LogP contribution in [-0.2, 0) is 0 Å². The van der Waals surface area contributed by atoms with Crippen molar-refractivity contribution in [1.82, 2.24) is 0 Å². The van der Waals surface area contributed by atoms with Crippen LogP contribution in [0.25, 0.3) is 0 Å². The largest absolute Gasteiger partial charge is 0.512 e. The van der Waals surface area contributed by atoms with Crippen LogP contribution in [0.3, 0.4) is 0 Å². The summed E-state index contributed by atoms with van der Waals surface area (Å²) in [6.45, 7) is -4.86. The molecule has 0 aliphatic rings. The minimum Gasteiger partial charge on any atom is -0.476 e. The molecule has 0 spiro atoms. The van der Waals surface area contributed by atoms with Crippen LogP contribution in [0.5, 0.6) is 0 Å². The van der Waals surface area contributed by atoms with Crippen molar-refractivity contribution in [3.8, 4) is 0 Å². The molecule has 0 aliphatic heterocycles. The summed E-state index contributed by atoms with van der Waals surface area (Å²) in [5, 5.41) is 0. The molecule has 0 saturated heterocycles. The molecular formula is C4H3BF3O-. The Morgan fingerprint density at radius 2 is 2.00 bits per heavy atom. The highest BCUT2D eigenvalue weighted by molar-refractivity contribution is 6.73. The van der Waals surface area contributed by atoms with Gasteiger partial charge in [0, 0.05) is 0 Å². The monoisotopic (exact) mass is 135 g/mol. The summed E-state index contributed by atoms with van der Waals surface area (Å²) < 4.78 is 39.1. The van der Waals surface area contributed by atoms with Gasteiger partial charge in [-0.05, 0) is 0 Å². The normalized spacial score (nSPS) is 11.9. The van der Waals surface area contributed by atoms with E-state index in [2.05, 4.69) is 4.42 Å². The highest BCUT2D eigenvalue weighted by Crippen LogP contribution is 2.07. The third-order valence-corrected chi connectivity index (χ3v) is 0.921. The summed E-state index contributed by atoms with van der Waals surface area (Å²) in [5.41, 5.74) is -0.685. The summed E-state index contributed by atoms with van der Waals surface area (Å²) in [6.07, 6.45) is 1.70. The van der Waals surface area contributed by atoms with Gasteiger partial charge in [-0.25, -0.2) is 0 Å². The summed E-state index contributed by atoms with van der Waals surface area (Å²) in [5.74, 6) is 0. The van der Waals surface area contributed by atoms with E-state index in [1.54, 1.807) is 0 Å². The smallest absolute Gasteiger partial charge is 0.476 e. The van der Waals surface area contributed by atoms with E-state index in [-0.39, 0.29) is 0 Å². The van der Waals surface area contributed by atoms with E-state index < -0.39 is 12.4 Å². The molecule has 1 rings (SSSR count). The third-order valence-electron chi connectivity index (χ3n) is 0.921. The minimum atomic E-state index is -4.86. The zero-order valence-corrected chi connectivity index (χ0v) is 4.35. The Hall–Kier alpha value is -0.865. The molecule has 0 bridgehead atoms. The first-order chi connectivity index (χ1) is 4.11. The van der Waals surface area contributed by atoms with Crippen molar-refractivity contribution in [2.75, 3.05) is 0 Å². The average Bonchev–Trinajstić information content (AvgIpc) is 2.08. The van der Waals surface area contributed by atoms with Crippen LogP contribution in [0.4, 0.5) is 12.9 Å². The van der Waals surface area contributed by atoms with Crippen LogP contribution in [-0.4, -0.2) is 6.98 Å². The van der Waals surface area contributed by atoms with Crippen molar-refractivity contribution in [3.63, 3.8) is 0 Å². The Balaban J connectivity index is 2.90. The molecule has 5 heteroatoms. The predicted octanol–water partition coefficient (Wildman–Crippen LogP) is 1.33. The summed E-state index contributed by atoms with van der Waals surface area (Å²) in [6, 6.07) is 0.903. The Morgan fingerprint density at radius 1 is 1.33 bits per heavy atom. The highest BCUT2D eigenvalue weighted by Gasteiger charge is 2.26. The fourth-order valence-electron chi connectivity index (χ4n) is 0.461. The van der Waals surface area contributed by atoms with Crippen molar-refractivity contribution < 1.29 is 17.4 Å². The summed E-state index contributed by atoms with van der Waals surface area (Å²) >= 11 is 0. The zero-order valence-electron chi connectivity index (χ0n) is 4.35. The van der Waals surface area contributed by atoms with E-state index in [4.69, 9.17) is 0 Å². The van der Waals surface area contributed by atoms with Crippen molar-refractivity contribution >= 4 is 12.4 Å². The lowest BCUT2D eigenvalue weighted by atomic mass is 9.83. The Kier molecular flexibility index (Phi) is 1.27. The van der Waals surface area contributed by atoms with Crippen LogP contribution >= 0.6 is 0 Å². The van der Waals surface area contributed by atoms with Gasteiger partial charge in [-0.1, -0.05) is 11.5 Å². The molecule has 0 radical (unpaired) electrons. The van der Waals surface area contributed by atoms with Crippen LogP contribution in [0, 0.1) is 0 Å². The van der Waals surface area contributed by atoms with Crippen molar-refractivity contribution in [1.29, 1.82) is 0 Å². The highest BCUT2D eigenvalue weighted by atomic mass is 19.4. The fourth-order valence-corrected chi connectivity index (χ4v) is 0.461. The van der Waals surface area contributed by atoms with Gasteiger partial charge in [0.05, 0.1) is 12.5 Å². The predicted molar refractivity (Wildman–Crippen MR) is 27.4 cm³/mol. The van der Waals surface area contributed by atoms with Crippen molar-refractivity contribution in [2.45, 2.75) is 0 Å². The van der Waals surface area contributed by atoms with Gasteiger partial charge < -0.3 is 17.4 Å². The molecule has 0 unspecified atom stereocenters. The molecule has 50 valence electrons. The van der Waals surface area contributed by atoms with Gasteiger partial charge in [0.1, 0.15) is 0 Å². The van der Waals surface area contributed by atoms with E-state index in [1.165, 1.54) is 0 Å². The lowest BCUT2D eigenvalue weighted by Crippen LogP contribution is -2.32. The molecule has 0 N–H and O–H groups in total. The fraction of sp³-hybridized carbons (Fsp3) is 0. The van der Waals surface area contributed by atoms with Gasteiger partial charge >= 0.3 is 6.98 Å². The second kappa shape index (κ2) is 1.82. The first-order valence-electron chi connectivity index (χ1n) is 2.33. The molecule has 1 heterocycles. The molecule has 0 fully saturated rings. The second-order valence-corrected chi connectivity index (χ2v) is 1.63. The molecule has 0 atom stereocenters. The number of hydrogen-bond acceptors (Lipinski definition) is 1. The van der Waals surface area contributed by atoms with Crippen LogP contribution in [0.2, 0.25) is 0 Å². The second-order valence-electron chi connectivity index (χ2n) is 1.63. The van der Waals surface area contributed by atoms with E-state index >= 15 is 0 Å². The number of furan rings is 1. The molecule has 1 aromatic rings. The molecule has 0 saturated carbocycles. The Morgan fingerprint density at radius 3 is 2.22 bits per heavy atom. The quantitative estimate of drug-likeness (QED) is 0.529. The van der Waals surface area contributed by atoms with Gasteiger partial charge in [-0.2, -0.15) is 0 Å². The maximum absolute atomic E-state index is 11.6. The Labute approximate surface area is 49.5 Å². The van der Waals surface area contributed by atoms with E-state index in [0.717, 1.165) is 12.3 Å². The van der Waals surface area contributed by atoms with Crippen LogP contribution in [0.15, 0.2) is 23.0 Å². The van der Waals surface area contributed by atoms with Crippen molar-refractivity contribution in [3.05, 3.63) is 18.6 Å². The SMILES string of the molecule is F[B-](F)(F)c1ccoc1. The van der Waals surface area contributed by atoms with Gasteiger partial charge in [-0.15, -0.1) is 0 Å². The van der Waals surface area contributed by atoms with E-state index in [1.807, 2.05) is 0 Å². The maximum Gasteiger partial charge on any atom is 0.512 e. The molecular weight excluding hydrogens is 132 g/mol. The van der Waals surface area contributed by atoms with Crippen LogP contribution in [0.1, 0.15) is 0 Å². The lowest BCUT2D eigenvalue weighted by Gasteiger charge is -2.09. The topological polar surface area (TPSA) is 13.1 Å². The van der Waals surface area contributed by atoms with Gasteiger partial charge in [0.25, 0.3) is 0 Å². The minimum absolute atomic E-state index is 0.685. The first-order valence-corrected chi connectivity index (χ1v) is 2.33. The molecule has 1 aromatic heterocycles. The molecule has 0 amide bonds. The average molecular weight is 135 g/mol. The van der Waals surface area contributed by atoms with E-state index in [0.29, 0.717) is 6.26 Å². The third kappa shape index (κ3) is 1.28. The standard InChI is InChI=1S/C4H3BF3O/c6-5(7,8)4-1-2-9-3-4/h1-3H/q-1.